The summed E-state index contributed by atoms with van der Waals surface area (Å²) in [5, 5.41) is 0.879. The molecule has 0 radical (unpaired) electrons. The summed E-state index contributed by atoms with van der Waals surface area (Å²) in [6.07, 6.45) is 0. The number of halogens is 1. The molecule has 0 saturated carbocycles. The van der Waals surface area contributed by atoms with Crippen LogP contribution in [-0.4, -0.2) is 0 Å². The molecule has 2 N–H and O–H groups in total. The highest BCUT2D eigenvalue weighted by atomic mass is 79.9. The maximum atomic E-state index is 11.4. The second-order valence-corrected chi connectivity index (χ2v) is 5.61. The number of nitrogen functional groups attached to an aromatic ring is 1. The van der Waals surface area contributed by atoms with E-state index < -0.39 is 0 Å². The Kier molecular flexibility index (Phi) is 3.43. The van der Waals surface area contributed by atoms with E-state index in [2.05, 4.69) is 15.9 Å². The van der Waals surface area contributed by atoms with E-state index in [1.54, 1.807) is 18.2 Å². The van der Waals surface area contributed by atoms with Gasteiger partial charge in [0, 0.05) is 22.0 Å². The van der Waals surface area contributed by atoms with Crippen molar-refractivity contribution in [3.63, 3.8) is 0 Å². The van der Waals surface area contributed by atoms with Gasteiger partial charge in [0.25, 0.3) is 0 Å². The van der Waals surface area contributed by atoms with Crippen LogP contribution in [0, 0.1) is 6.92 Å². The molecule has 0 saturated heterocycles. The smallest absolute Gasteiger partial charge is 0.336 e. The molecular formula is C16H12BrNO3. The SMILES string of the molecule is Cc1cc(=O)oc2cc(Oc3cc(Br)ccc3N)ccc12. The normalized spacial score (nSPS) is 10.8. The quantitative estimate of drug-likeness (QED) is 0.557. The summed E-state index contributed by atoms with van der Waals surface area (Å²) in [6.45, 7) is 1.87. The molecule has 0 unspecified atom stereocenters. The van der Waals surface area contributed by atoms with Crippen LogP contribution in [-0.2, 0) is 0 Å². The van der Waals surface area contributed by atoms with Gasteiger partial charge >= 0.3 is 5.63 Å². The molecule has 0 aliphatic rings. The van der Waals surface area contributed by atoms with Crippen LogP contribution in [0.4, 0.5) is 5.69 Å². The molecule has 0 amide bonds. The lowest BCUT2D eigenvalue weighted by Crippen LogP contribution is -1.98. The van der Waals surface area contributed by atoms with E-state index in [4.69, 9.17) is 14.9 Å². The topological polar surface area (TPSA) is 65.5 Å². The number of anilines is 1. The van der Waals surface area contributed by atoms with Crippen LogP contribution in [0.3, 0.4) is 0 Å². The van der Waals surface area contributed by atoms with Crippen molar-refractivity contribution < 1.29 is 9.15 Å². The van der Waals surface area contributed by atoms with Crippen LogP contribution >= 0.6 is 15.9 Å². The van der Waals surface area contributed by atoms with Crippen molar-refractivity contribution in [2.75, 3.05) is 5.73 Å². The predicted molar refractivity (Wildman–Crippen MR) is 85.8 cm³/mol. The van der Waals surface area contributed by atoms with Gasteiger partial charge in [0.15, 0.2) is 5.75 Å². The highest BCUT2D eigenvalue weighted by molar-refractivity contribution is 9.10. The zero-order valence-corrected chi connectivity index (χ0v) is 12.8. The Balaban J connectivity index is 2.05. The van der Waals surface area contributed by atoms with Gasteiger partial charge in [-0.1, -0.05) is 15.9 Å². The first kappa shape index (κ1) is 13.7. The third-order valence-corrected chi connectivity index (χ3v) is 3.62. The van der Waals surface area contributed by atoms with Gasteiger partial charge in [0.05, 0.1) is 5.69 Å². The zero-order chi connectivity index (χ0) is 15.0. The second kappa shape index (κ2) is 5.26. The van der Waals surface area contributed by atoms with Crippen molar-refractivity contribution in [2.45, 2.75) is 6.92 Å². The first-order chi connectivity index (χ1) is 10.0. The molecule has 0 fully saturated rings. The standard InChI is InChI=1S/C16H12BrNO3/c1-9-6-16(19)21-14-8-11(3-4-12(9)14)20-15-7-10(17)2-5-13(15)18/h2-8H,18H2,1H3. The fourth-order valence-corrected chi connectivity index (χ4v) is 2.43. The predicted octanol–water partition coefficient (Wildman–Crippen LogP) is 4.24. The molecule has 0 aliphatic heterocycles. The number of hydrogen-bond acceptors (Lipinski definition) is 4. The van der Waals surface area contributed by atoms with Crippen molar-refractivity contribution in [1.29, 1.82) is 0 Å². The highest BCUT2D eigenvalue weighted by Gasteiger charge is 2.07. The van der Waals surface area contributed by atoms with E-state index in [9.17, 15) is 4.79 Å². The minimum Gasteiger partial charge on any atom is -0.455 e. The first-order valence-electron chi connectivity index (χ1n) is 6.30. The van der Waals surface area contributed by atoms with E-state index in [-0.39, 0.29) is 5.63 Å². The Bertz CT molecular complexity index is 886. The Morgan fingerprint density at radius 1 is 1.14 bits per heavy atom. The minimum absolute atomic E-state index is 0.376. The molecule has 0 atom stereocenters. The lowest BCUT2D eigenvalue weighted by atomic mass is 10.1. The van der Waals surface area contributed by atoms with Crippen LogP contribution in [0.15, 0.2) is 56.1 Å². The summed E-state index contributed by atoms with van der Waals surface area (Å²) in [6, 6.07) is 12.2. The van der Waals surface area contributed by atoms with E-state index in [1.165, 1.54) is 6.07 Å². The van der Waals surface area contributed by atoms with Crippen molar-refractivity contribution in [1.82, 2.24) is 0 Å². The van der Waals surface area contributed by atoms with Crippen LogP contribution in [0.2, 0.25) is 0 Å². The number of rotatable bonds is 2. The van der Waals surface area contributed by atoms with E-state index in [0.29, 0.717) is 22.8 Å². The molecule has 4 nitrogen and oxygen atoms in total. The summed E-state index contributed by atoms with van der Waals surface area (Å²) < 4.78 is 11.8. The minimum atomic E-state index is -0.376. The molecule has 21 heavy (non-hydrogen) atoms. The van der Waals surface area contributed by atoms with Crippen molar-refractivity contribution in [3.05, 3.63) is 62.9 Å². The Morgan fingerprint density at radius 3 is 2.76 bits per heavy atom. The average molecular weight is 346 g/mol. The van der Waals surface area contributed by atoms with Crippen molar-refractivity contribution in [3.8, 4) is 11.5 Å². The Labute approximate surface area is 129 Å². The Hall–Kier alpha value is -2.27. The van der Waals surface area contributed by atoms with Crippen LogP contribution in [0.5, 0.6) is 11.5 Å². The monoisotopic (exact) mass is 345 g/mol. The molecule has 0 aliphatic carbocycles. The van der Waals surface area contributed by atoms with E-state index in [1.807, 2.05) is 25.1 Å². The molecule has 1 aromatic heterocycles. The molecule has 2 aromatic carbocycles. The number of aryl methyl sites for hydroxylation is 1. The van der Waals surface area contributed by atoms with Crippen molar-refractivity contribution in [2.24, 2.45) is 0 Å². The summed E-state index contributed by atoms with van der Waals surface area (Å²) in [5.74, 6) is 1.10. The zero-order valence-electron chi connectivity index (χ0n) is 11.2. The van der Waals surface area contributed by atoms with E-state index >= 15 is 0 Å². The number of nitrogens with two attached hydrogens (primary N) is 1. The first-order valence-corrected chi connectivity index (χ1v) is 7.09. The molecule has 0 bridgehead atoms. The van der Waals surface area contributed by atoms with Crippen LogP contribution < -0.4 is 16.1 Å². The maximum absolute atomic E-state index is 11.4. The number of fused-ring (bicyclic) bond motifs is 1. The molecule has 1 heterocycles. The van der Waals surface area contributed by atoms with Gasteiger partial charge in [-0.15, -0.1) is 0 Å². The summed E-state index contributed by atoms with van der Waals surface area (Å²) in [4.78, 5) is 11.4. The van der Waals surface area contributed by atoms with Gasteiger partial charge in [0.2, 0.25) is 0 Å². The Morgan fingerprint density at radius 2 is 1.95 bits per heavy atom. The largest absolute Gasteiger partial charge is 0.455 e. The number of ether oxygens (including phenoxy) is 1. The van der Waals surface area contributed by atoms with Crippen LogP contribution in [0.25, 0.3) is 11.0 Å². The van der Waals surface area contributed by atoms with Gasteiger partial charge < -0.3 is 14.9 Å². The molecule has 5 heteroatoms. The summed E-state index contributed by atoms with van der Waals surface area (Å²) in [7, 11) is 0. The van der Waals surface area contributed by atoms with Gasteiger partial charge in [-0.3, -0.25) is 0 Å². The van der Waals surface area contributed by atoms with Gasteiger partial charge in [-0.25, -0.2) is 4.79 Å². The lowest BCUT2D eigenvalue weighted by molar-refractivity contribution is 0.482. The summed E-state index contributed by atoms with van der Waals surface area (Å²) in [5.41, 5.74) is 7.40. The second-order valence-electron chi connectivity index (χ2n) is 4.69. The highest BCUT2D eigenvalue weighted by Crippen LogP contribution is 2.32. The molecule has 3 rings (SSSR count). The van der Waals surface area contributed by atoms with Gasteiger partial charge in [0.1, 0.15) is 11.3 Å². The molecule has 3 aromatic rings. The fourth-order valence-electron chi connectivity index (χ4n) is 2.09. The molecule has 0 spiro atoms. The third kappa shape index (κ3) is 2.78. The van der Waals surface area contributed by atoms with Crippen LogP contribution in [0.1, 0.15) is 5.56 Å². The third-order valence-electron chi connectivity index (χ3n) is 3.13. The number of hydrogen-bond donors (Lipinski definition) is 1. The van der Waals surface area contributed by atoms with E-state index in [0.717, 1.165) is 15.4 Å². The fraction of sp³-hybridized carbons (Fsp3) is 0.0625. The lowest BCUT2D eigenvalue weighted by Gasteiger charge is -2.09. The summed E-state index contributed by atoms with van der Waals surface area (Å²) >= 11 is 3.37. The maximum Gasteiger partial charge on any atom is 0.336 e. The average Bonchev–Trinajstić information content (AvgIpc) is 2.42. The molecule has 106 valence electrons. The van der Waals surface area contributed by atoms with Gasteiger partial charge in [-0.2, -0.15) is 0 Å². The molecular weight excluding hydrogens is 334 g/mol. The van der Waals surface area contributed by atoms with Crippen molar-refractivity contribution >= 4 is 32.6 Å². The van der Waals surface area contributed by atoms with Gasteiger partial charge in [-0.05, 0) is 42.8 Å². The number of benzene rings is 2.